The van der Waals surface area contributed by atoms with Crippen molar-refractivity contribution in [2.24, 2.45) is 5.41 Å². The lowest BCUT2D eigenvalue weighted by Gasteiger charge is -2.50. The molecule has 0 aromatic heterocycles. The van der Waals surface area contributed by atoms with Gasteiger partial charge in [-0.2, -0.15) is 13.2 Å². The maximum absolute atomic E-state index is 14.1. The Labute approximate surface area is 132 Å². The zero-order chi connectivity index (χ0) is 17.5. The number of carbonyl (C=O) groups is 1. The zero-order valence-corrected chi connectivity index (χ0v) is 13.2. The van der Waals surface area contributed by atoms with E-state index in [2.05, 4.69) is 0 Å². The highest BCUT2D eigenvalue weighted by molar-refractivity contribution is 5.95. The number of halogens is 3. The minimum absolute atomic E-state index is 0.0130. The van der Waals surface area contributed by atoms with Crippen molar-refractivity contribution >= 4 is 12.0 Å². The molecule has 1 unspecified atom stereocenters. The van der Waals surface area contributed by atoms with Gasteiger partial charge in [-0.05, 0) is 18.6 Å². The van der Waals surface area contributed by atoms with E-state index in [0.29, 0.717) is 12.0 Å². The number of rotatable bonds is 4. The molecule has 1 aliphatic heterocycles. The summed E-state index contributed by atoms with van der Waals surface area (Å²) < 4.78 is 47.5. The number of ether oxygens (including phenoxy) is 1. The number of fused-ring (bicyclic) bond motifs is 1. The van der Waals surface area contributed by atoms with Crippen molar-refractivity contribution in [3.63, 3.8) is 0 Å². The number of carboxylic acid groups (broad SMARTS) is 1. The zero-order valence-electron chi connectivity index (χ0n) is 13.2. The SMILES string of the molecule is CCCC(C)(C)C1(C(F)(F)F)Oc2ccccc2C=C1C(=O)[O-]. The first-order chi connectivity index (χ1) is 10.6. The number of hydrogen-bond acceptors (Lipinski definition) is 3. The Balaban J connectivity index is 2.78. The second-order valence-electron chi connectivity index (χ2n) is 6.30. The highest BCUT2D eigenvalue weighted by atomic mass is 19.4. The third-order valence-electron chi connectivity index (χ3n) is 4.31. The van der Waals surface area contributed by atoms with E-state index in [9.17, 15) is 23.1 Å². The molecule has 0 saturated carbocycles. The molecule has 0 amide bonds. The van der Waals surface area contributed by atoms with E-state index in [-0.39, 0.29) is 12.2 Å². The molecule has 23 heavy (non-hydrogen) atoms. The predicted molar refractivity (Wildman–Crippen MR) is 77.5 cm³/mol. The molecule has 2 rings (SSSR count). The van der Waals surface area contributed by atoms with Crippen LogP contribution < -0.4 is 9.84 Å². The van der Waals surface area contributed by atoms with Gasteiger partial charge >= 0.3 is 6.18 Å². The van der Waals surface area contributed by atoms with E-state index in [1.54, 1.807) is 19.1 Å². The Kier molecular flexibility index (Phi) is 4.22. The lowest BCUT2D eigenvalue weighted by Crippen LogP contribution is -2.64. The van der Waals surface area contributed by atoms with Crippen LogP contribution in [0.3, 0.4) is 0 Å². The van der Waals surface area contributed by atoms with Gasteiger partial charge in [-0.1, -0.05) is 45.4 Å². The number of para-hydroxylation sites is 1. The smallest absolute Gasteiger partial charge is 0.433 e. The molecule has 0 bridgehead atoms. The van der Waals surface area contributed by atoms with Gasteiger partial charge in [0, 0.05) is 16.6 Å². The Hall–Kier alpha value is -1.98. The summed E-state index contributed by atoms with van der Waals surface area (Å²) >= 11 is 0. The van der Waals surface area contributed by atoms with Crippen LogP contribution in [0.2, 0.25) is 0 Å². The summed E-state index contributed by atoms with van der Waals surface area (Å²) in [5.41, 5.74) is -5.04. The molecule has 0 saturated heterocycles. The average molecular weight is 327 g/mol. The van der Waals surface area contributed by atoms with E-state index in [1.165, 1.54) is 26.0 Å². The fourth-order valence-corrected chi connectivity index (χ4v) is 3.27. The molecule has 1 aromatic carbocycles. The van der Waals surface area contributed by atoms with Gasteiger partial charge < -0.3 is 14.6 Å². The van der Waals surface area contributed by atoms with Crippen molar-refractivity contribution in [1.82, 2.24) is 0 Å². The average Bonchev–Trinajstić information content (AvgIpc) is 2.44. The maximum atomic E-state index is 14.1. The fourth-order valence-electron chi connectivity index (χ4n) is 3.27. The van der Waals surface area contributed by atoms with Gasteiger partial charge in [0.05, 0.1) is 5.97 Å². The van der Waals surface area contributed by atoms with E-state index in [0.717, 1.165) is 6.08 Å². The van der Waals surface area contributed by atoms with Crippen molar-refractivity contribution in [3.05, 3.63) is 35.4 Å². The molecule has 1 atom stereocenters. The lowest BCUT2D eigenvalue weighted by molar-refractivity contribution is -0.313. The standard InChI is InChI=1S/C17H19F3O3/c1-4-9-15(2,3)16(17(18,19)20)12(14(21)22)10-11-7-5-6-8-13(11)23-16/h5-8,10H,4,9H2,1-3H3,(H,21,22)/p-1. The van der Waals surface area contributed by atoms with Crippen LogP contribution in [0.5, 0.6) is 5.75 Å². The first-order valence-corrected chi connectivity index (χ1v) is 7.35. The van der Waals surface area contributed by atoms with Crippen LogP contribution in [0.15, 0.2) is 29.8 Å². The van der Waals surface area contributed by atoms with Gasteiger partial charge in [0.2, 0.25) is 5.60 Å². The van der Waals surface area contributed by atoms with E-state index in [1.807, 2.05) is 0 Å². The molecule has 1 heterocycles. The summed E-state index contributed by atoms with van der Waals surface area (Å²) in [4.78, 5) is 11.5. The molecule has 0 radical (unpaired) electrons. The second kappa shape index (κ2) is 5.58. The van der Waals surface area contributed by atoms with Crippen LogP contribution in [-0.4, -0.2) is 17.7 Å². The number of alkyl halides is 3. The largest absolute Gasteiger partial charge is 0.545 e. The first-order valence-electron chi connectivity index (χ1n) is 7.35. The molecule has 126 valence electrons. The van der Waals surface area contributed by atoms with E-state index >= 15 is 0 Å². The number of benzene rings is 1. The third-order valence-corrected chi connectivity index (χ3v) is 4.31. The molecule has 0 aliphatic carbocycles. The maximum Gasteiger partial charge on any atom is 0.433 e. The van der Waals surface area contributed by atoms with Gasteiger partial charge in [-0.3, -0.25) is 0 Å². The summed E-state index contributed by atoms with van der Waals surface area (Å²) in [7, 11) is 0. The van der Waals surface area contributed by atoms with Crippen molar-refractivity contribution in [3.8, 4) is 5.75 Å². The minimum Gasteiger partial charge on any atom is -0.545 e. The Morgan fingerprint density at radius 2 is 1.87 bits per heavy atom. The van der Waals surface area contributed by atoms with Crippen LogP contribution in [0.25, 0.3) is 6.08 Å². The molecular formula is C17H18F3O3-. The number of aliphatic carboxylic acids is 1. The van der Waals surface area contributed by atoms with E-state index in [4.69, 9.17) is 4.74 Å². The Morgan fingerprint density at radius 3 is 2.39 bits per heavy atom. The molecule has 1 aliphatic rings. The van der Waals surface area contributed by atoms with Crippen LogP contribution in [-0.2, 0) is 4.79 Å². The summed E-state index contributed by atoms with van der Waals surface area (Å²) in [6.07, 6.45) is -3.31. The van der Waals surface area contributed by atoms with Crippen LogP contribution in [0.1, 0.15) is 39.2 Å². The predicted octanol–water partition coefficient (Wildman–Crippen LogP) is 3.34. The number of hydrogen-bond donors (Lipinski definition) is 0. The third kappa shape index (κ3) is 2.60. The first kappa shape index (κ1) is 17.4. The van der Waals surface area contributed by atoms with E-state index < -0.39 is 28.7 Å². The van der Waals surface area contributed by atoms with Crippen LogP contribution >= 0.6 is 0 Å². The summed E-state index contributed by atoms with van der Waals surface area (Å²) in [6, 6.07) is 6.06. The topological polar surface area (TPSA) is 49.4 Å². The van der Waals surface area contributed by atoms with Gasteiger partial charge in [0.25, 0.3) is 0 Å². The fraction of sp³-hybridized carbons (Fsp3) is 0.471. The van der Waals surface area contributed by atoms with Crippen molar-refractivity contribution in [2.75, 3.05) is 0 Å². The Morgan fingerprint density at radius 1 is 1.26 bits per heavy atom. The molecule has 0 fully saturated rings. The van der Waals surface area contributed by atoms with Crippen LogP contribution in [0, 0.1) is 5.41 Å². The van der Waals surface area contributed by atoms with Crippen molar-refractivity contribution < 1.29 is 27.8 Å². The molecule has 1 aromatic rings. The van der Waals surface area contributed by atoms with Crippen molar-refractivity contribution in [2.45, 2.75) is 45.4 Å². The molecular weight excluding hydrogens is 309 g/mol. The highest BCUT2D eigenvalue weighted by Gasteiger charge is 2.68. The molecule has 3 nitrogen and oxygen atoms in total. The van der Waals surface area contributed by atoms with Crippen LogP contribution in [0.4, 0.5) is 13.2 Å². The Bertz CT molecular complexity index is 647. The second-order valence-corrected chi connectivity index (χ2v) is 6.30. The molecule has 6 heteroatoms. The summed E-state index contributed by atoms with van der Waals surface area (Å²) in [5, 5.41) is 11.5. The van der Waals surface area contributed by atoms with Crippen molar-refractivity contribution in [1.29, 1.82) is 0 Å². The van der Waals surface area contributed by atoms with Gasteiger partial charge in [-0.15, -0.1) is 0 Å². The lowest BCUT2D eigenvalue weighted by atomic mass is 9.66. The van der Waals surface area contributed by atoms with Gasteiger partial charge in [0.1, 0.15) is 5.75 Å². The van der Waals surface area contributed by atoms with Gasteiger partial charge in [-0.25, -0.2) is 0 Å². The minimum atomic E-state index is -4.91. The highest BCUT2D eigenvalue weighted by Crippen LogP contribution is 2.55. The number of carboxylic acids is 1. The summed E-state index contributed by atoms with van der Waals surface area (Å²) in [5.74, 6) is -1.86. The molecule has 0 N–H and O–H groups in total. The quantitative estimate of drug-likeness (QED) is 0.852. The monoisotopic (exact) mass is 327 g/mol. The summed E-state index contributed by atoms with van der Waals surface area (Å²) in [6.45, 7) is 4.48. The molecule has 0 spiro atoms. The van der Waals surface area contributed by atoms with Gasteiger partial charge in [0.15, 0.2) is 0 Å². The number of carbonyl (C=O) groups excluding carboxylic acids is 1. The normalized spacial score (nSPS) is 21.2.